The summed E-state index contributed by atoms with van der Waals surface area (Å²) in [5, 5.41) is 4.04. The third kappa shape index (κ3) is 7.93. The summed E-state index contributed by atoms with van der Waals surface area (Å²) in [5.74, 6) is -0.508. The molecule has 0 saturated heterocycles. The van der Waals surface area contributed by atoms with Crippen LogP contribution in [0.15, 0.2) is 79.0 Å². The van der Waals surface area contributed by atoms with Gasteiger partial charge in [-0.25, -0.2) is 9.18 Å². The highest BCUT2D eigenvalue weighted by Gasteiger charge is 2.22. The Bertz CT molecular complexity index is 1390. The number of anilines is 1. The van der Waals surface area contributed by atoms with Gasteiger partial charge in [0, 0.05) is 56.1 Å². The highest BCUT2D eigenvalue weighted by Crippen LogP contribution is 2.19. The number of halogens is 1. The topological polar surface area (TPSA) is 77.7 Å². The molecule has 0 radical (unpaired) electrons. The van der Waals surface area contributed by atoms with E-state index in [9.17, 15) is 14.0 Å². The summed E-state index contributed by atoms with van der Waals surface area (Å²) in [4.78, 5) is 33.5. The Labute approximate surface area is 234 Å². The number of amides is 3. The zero-order valence-corrected chi connectivity index (χ0v) is 23.2. The number of nitrogens with one attached hydrogen (secondary N) is 2. The van der Waals surface area contributed by atoms with Gasteiger partial charge in [-0.05, 0) is 66.3 Å². The molecule has 0 spiro atoms. The molecular formula is C32H37FN4O3. The van der Waals surface area contributed by atoms with E-state index in [2.05, 4.69) is 23.3 Å². The first kappa shape index (κ1) is 28.8. The summed E-state index contributed by atoms with van der Waals surface area (Å²) < 4.78 is 18.7. The Morgan fingerprint density at radius 3 is 2.38 bits per heavy atom. The van der Waals surface area contributed by atoms with Crippen molar-refractivity contribution in [1.29, 1.82) is 0 Å². The first-order valence-corrected chi connectivity index (χ1v) is 13.7. The van der Waals surface area contributed by atoms with E-state index >= 15 is 0 Å². The summed E-state index contributed by atoms with van der Waals surface area (Å²) in [6.45, 7) is 3.59. The Hall–Kier alpha value is -4.17. The number of aryl methyl sites for hydroxylation is 1. The number of urea groups is 1. The Morgan fingerprint density at radius 2 is 1.65 bits per heavy atom. The number of aromatic nitrogens is 1. The molecule has 3 amide bonds. The van der Waals surface area contributed by atoms with Crippen molar-refractivity contribution in [3.05, 3.63) is 102 Å². The number of para-hydroxylation sites is 1. The minimum Gasteiger partial charge on any atom is -0.385 e. The molecule has 7 nitrogen and oxygen atoms in total. The van der Waals surface area contributed by atoms with Gasteiger partial charge in [-0.1, -0.05) is 49.4 Å². The normalized spacial score (nSPS) is 11.0. The maximum absolute atomic E-state index is 13.7. The van der Waals surface area contributed by atoms with Crippen LogP contribution in [0.1, 0.15) is 30.0 Å². The van der Waals surface area contributed by atoms with Crippen LogP contribution in [-0.2, 0) is 28.9 Å². The van der Waals surface area contributed by atoms with Crippen LogP contribution >= 0.6 is 0 Å². The fraction of sp³-hybridized carbons (Fsp3) is 0.312. The minimum atomic E-state index is -0.341. The van der Waals surface area contributed by atoms with Gasteiger partial charge in [0.05, 0.1) is 0 Å². The number of methoxy groups -OCH3 is 1. The van der Waals surface area contributed by atoms with Gasteiger partial charge < -0.3 is 24.8 Å². The molecular weight excluding hydrogens is 507 g/mol. The lowest BCUT2D eigenvalue weighted by Crippen LogP contribution is -2.45. The molecule has 8 heteroatoms. The summed E-state index contributed by atoms with van der Waals surface area (Å²) >= 11 is 0. The number of fused-ring (bicyclic) bond motifs is 1. The predicted molar refractivity (Wildman–Crippen MR) is 157 cm³/mol. The molecule has 40 heavy (non-hydrogen) atoms. The monoisotopic (exact) mass is 544 g/mol. The zero-order chi connectivity index (χ0) is 28.3. The van der Waals surface area contributed by atoms with Gasteiger partial charge in [0.1, 0.15) is 12.4 Å². The number of carbonyl (C=O) groups excluding carboxylic acids is 2. The predicted octanol–water partition coefficient (Wildman–Crippen LogP) is 6.01. The van der Waals surface area contributed by atoms with Crippen molar-refractivity contribution in [2.75, 3.05) is 38.7 Å². The quantitative estimate of drug-likeness (QED) is 0.202. The molecule has 0 bridgehead atoms. The SMILES string of the molecule is CCc1ccc(NC(=O)N(CCCOC)CC(=O)N(CCc2c[nH]c3ccccc23)Cc2ccc(F)cc2)cc1. The maximum atomic E-state index is 13.7. The number of aromatic amines is 1. The number of hydrogen-bond donors (Lipinski definition) is 2. The van der Waals surface area contributed by atoms with Crippen LogP contribution in [0.5, 0.6) is 0 Å². The van der Waals surface area contributed by atoms with Gasteiger partial charge in [0.25, 0.3) is 0 Å². The Kier molecular flexibility index (Phi) is 10.3. The van der Waals surface area contributed by atoms with Gasteiger partial charge in [0.2, 0.25) is 5.91 Å². The van der Waals surface area contributed by atoms with E-state index in [0.717, 1.165) is 28.5 Å². The lowest BCUT2D eigenvalue weighted by Gasteiger charge is -2.28. The molecule has 0 unspecified atom stereocenters. The van der Waals surface area contributed by atoms with Gasteiger partial charge in [-0.3, -0.25) is 4.79 Å². The van der Waals surface area contributed by atoms with E-state index < -0.39 is 0 Å². The van der Waals surface area contributed by atoms with Crippen LogP contribution in [0.4, 0.5) is 14.9 Å². The largest absolute Gasteiger partial charge is 0.385 e. The minimum absolute atomic E-state index is 0.0856. The van der Waals surface area contributed by atoms with Crippen molar-refractivity contribution in [2.24, 2.45) is 0 Å². The van der Waals surface area contributed by atoms with Gasteiger partial charge in [-0.15, -0.1) is 0 Å². The Balaban J connectivity index is 1.50. The highest BCUT2D eigenvalue weighted by molar-refractivity contribution is 5.92. The van der Waals surface area contributed by atoms with Crippen LogP contribution in [0.25, 0.3) is 10.9 Å². The van der Waals surface area contributed by atoms with Crippen LogP contribution in [0.3, 0.4) is 0 Å². The first-order chi connectivity index (χ1) is 19.5. The molecule has 210 valence electrons. The fourth-order valence-electron chi connectivity index (χ4n) is 4.64. The van der Waals surface area contributed by atoms with Crippen LogP contribution < -0.4 is 5.32 Å². The average Bonchev–Trinajstić information content (AvgIpc) is 3.39. The van der Waals surface area contributed by atoms with E-state index in [0.29, 0.717) is 44.8 Å². The van der Waals surface area contributed by atoms with Crippen molar-refractivity contribution >= 4 is 28.5 Å². The molecule has 0 fully saturated rings. The fourth-order valence-corrected chi connectivity index (χ4v) is 4.64. The lowest BCUT2D eigenvalue weighted by atomic mass is 10.1. The second-order valence-electron chi connectivity index (χ2n) is 9.80. The van der Waals surface area contributed by atoms with Crippen LogP contribution in [0, 0.1) is 5.82 Å². The molecule has 1 aromatic heterocycles. The standard InChI is InChI=1S/C32H37FN4O3/c1-3-24-11-15-28(16-12-24)35-32(39)37(18-6-20-40-2)23-31(38)36(22-25-9-13-27(33)14-10-25)19-17-26-21-34-30-8-5-4-7-29(26)30/h4-5,7-16,21,34H,3,6,17-20,22-23H2,1-2H3,(H,35,39). The summed E-state index contributed by atoms with van der Waals surface area (Å²) in [5.41, 5.74) is 4.82. The van der Waals surface area contributed by atoms with Crippen molar-refractivity contribution in [2.45, 2.75) is 32.7 Å². The molecule has 4 aromatic rings. The summed E-state index contributed by atoms with van der Waals surface area (Å²) in [6, 6.07) is 21.6. The zero-order valence-electron chi connectivity index (χ0n) is 23.2. The van der Waals surface area contributed by atoms with Crippen molar-refractivity contribution in [3.63, 3.8) is 0 Å². The smallest absolute Gasteiger partial charge is 0.322 e. The number of ether oxygens (including phenoxy) is 1. The van der Waals surface area contributed by atoms with Crippen LogP contribution in [0.2, 0.25) is 0 Å². The van der Waals surface area contributed by atoms with Gasteiger partial charge in [-0.2, -0.15) is 0 Å². The molecule has 0 aliphatic rings. The van der Waals surface area contributed by atoms with Gasteiger partial charge >= 0.3 is 6.03 Å². The van der Waals surface area contributed by atoms with Crippen molar-refractivity contribution < 1.29 is 18.7 Å². The number of hydrogen-bond acceptors (Lipinski definition) is 3. The van der Waals surface area contributed by atoms with Crippen molar-refractivity contribution in [1.82, 2.24) is 14.8 Å². The van der Waals surface area contributed by atoms with E-state index in [1.165, 1.54) is 22.6 Å². The molecule has 0 saturated carbocycles. The molecule has 3 aromatic carbocycles. The number of nitrogens with zero attached hydrogens (tertiary/aromatic N) is 2. The third-order valence-corrected chi connectivity index (χ3v) is 6.97. The molecule has 0 aliphatic carbocycles. The third-order valence-electron chi connectivity index (χ3n) is 6.97. The molecule has 1 heterocycles. The maximum Gasteiger partial charge on any atom is 0.322 e. The number of rotatable bonds is 13. The van der Waals surface area contributed by atoms with E-state index in [1.54, 1.807) is 24.1 Å². The Morgan fingerprint density at radius 1 is 0.925 bits per heavy atom. The van der Waals surface area contributed by atoms with Gasteiger partial charge in [0.15, 0.2) is 0 Å². The van der Waals surface area contributed by atoms with E-state index in [4.69, 9.17) is 4.74 Å². The highest BCUT2D eigenvalue weighted by atomic mass is 19.1. The summed E-state index contributed by atoms with van der Waals surface area (Å²) in [7, 11) is 1.61. The van der Waals surface area contributed by atoms with Crippen molar-refractivity contribution in [3.8, 4) is 0 Å². The number of H-pyrrole nitrogens is 1. The second kappa shape index (κ2) is 14.3. The number of carbonyl (C=O) groups is 2. The van der Waals surface area contributed by atoms with E-state index in [-0.39, 0.29) is 24.3 Å². The van der Waals surface area contributed by atoms with E-state index in [1.807, 2.05) is 48.7 Å². The van der Waals surface area contributed by atoms with Crippen LogP contribution in [-0.4, -0.2) is 60.1 Å². The molecule has 2 N–H and O–H groups in total. The molecule has 0 atom stereocenters. The summed E-state index contributed by atoms with van der Waals surface area (Å²) in [6.07, 6.45) is 4.11. The average molecular weight is 545 g/mol. The molecule has 0 aliphatic heterocycles. The number of benzene rings is 3. The lowest BCUT2D eigenvalue weighted by molar-refractivity contribution is -0.132. The first-order valence-electron chi connectivity index (χ1n) is 13.7. The second-order valence-corrected chi connectivity index (χ2v) is 9.80. The molecule has 4 rings (SSSR count).